The topological polar surface area (TPSA) is 54.4 Å². The van der Waals surface area contributed by atoms with Crippen molar-refractivity contribution in [3.05, 3.63) is 23.5 Å². The Morgan fingerprint density at radius 2 is 1.32 bits per heavy atom. The number of Topliss-reactive ketones (excluding diaryl/α,β-unsaturated/α-hetero) is 2. The lowest BCUT2D eigenvalue weighted by molar-refractivity contribution is -0.124. The second-order valence-electron chi connectivity index (χ2n) is 7.16. The Kier molecular flexibility index (Phi) is 12.0. The standard InChI is InChI=1S/C22H36O3/c1-2-3-4-5-6-7-8-9-10-11-12-13-14-16-19(23)22-20(24)17-15-18-21(22)25/h2-3,23H,4-18H2,1H3. The van der Waals surface area contributed by atoms with Crippen molar-refractivity contribution in [3.8, 4) is 0 Å². The number of carbonyl (C=O) groups excluding carboxylic acids is 2. The van der Waals surface area contributed by atoms with E-state index in [2.05, 4.69) is 19.1 Å². The van der Waals surface area contributed by atoms with E-state index in [4.69, 9.17) is 0 Å². The largest absolute Gasteiger partial charge is 0.511 e. The minimum atomic E-state index is -0.167. The molecule has 3 nitrogen and oxygen atoms in total. The van der Waals surface area contributed by atoms with Crippen molar-refractivity contribution >= 4 is 11.6 Å². The molecular formula is C22H36O3. The molecule has 1 saturated carbocycles. The molecule has 0 atom stereocenters. The van der Waals surface area contributed by atoms with Crippen LogP contribution in [0.4, 0.5) is 0 Å². The average Bonchev–Trinajstić information content (AvgIpc) is 2.59. The second-order valence-corrected chi connectivity index (χ2v) is 7.16. The molecule has 0 spiro atoms. The van der Waals surface area contributed by atoms with Crippen LogP contribution in [0.15, 0.2) is 23.5 Å². The van der Waals surface area contributed by atoms with Gasteiger partial charge >= 0.3 is 0 Å². The maximum absolute atomic E-state index is 11.7. The van der Waals surface area contributed by atoms with Gasteiger partial charge in [-0.1, -0.05) is 63.5 Å². The lowest BCUT2D eigenvalue weighted by atomic mass is 9.90. The molecule has 1 aliphatic rings. The van der Waals surface area contributed by atoms with E-state index in [1.165, 1.54) is 57.8 Å². The summed E-state index contributed by atoms with van der Waals surface area (Å²) in [5, 5.41) is 10.0. The molecule has 0 aromatic heterocycles. The molecule has 0 unspecified atom stereocenters. The van der Waals surface area contributed by atoms with E-state index in [9.17, 15) is 14.7 Å². The van der Waals surface area contributed by atoms with Crippen LogP contribution in [0.2, 0.25) is 0 Å². The summed E-state index contributed by atoms with van der Waals surface area (Å²) in [6.45, 7) is 2.08. The van der Waals surface area contributed by atoms with Crippen molar-refractivity contribution in [1.82, 2.24) is 0 Å². The third-order valence-corrected chi connectivity index (χ3v) is 4.92. The number of hydrogen-bond acceptors (Lipinski definition) is 3. The predicted octanol–water partition coefficient (Wildman–Crippen LogP) is 6.38. The normalized spacial score (nSPS) is 15.3. The lowest BCUT2D eigenvalue weighted by Gasteiger charge is -2.13. The molecule has 3 heteroatoms. The molecule has 0 heterocycles. The first kappa shape index (κ1) is 21.7. The van der Waals surface area contributed by atoms with Gasteiger partial charge in [-0.3, -0.25) is 9.59 Å². The summed E-state index contributed by atoms with van der Waals surface area (Å²) in [4.78, 5) is 23.5. The first-order valence-corrected chi connectivity index (χ1v) is 10.3. The summed E-state index contributed by atoms with van der Waals surface area (Å²) in [6, 6.07) is 0. The number of ketones is 2. The highest BCUT2D eigenvalue weighted by atomic mass is 16.3. The van der Waals surface area contributed by atoms with Gasteiger partial charge in [0.1, 0.15) is 5.76 Å². The Hall–Kier alpha value is -1.38. The highest BCUT2D eigenvalue weighted by Gasteiger charge is 2.26. The molecular weight excluding hydrogens is 312 g/mol. The fourth-order valence-electron chi connectivity index (χ4n) is 3.40. The monoisotopic (exact) mass is 348 g/mol. The van der Waals surface area contributed by atoms with Gasteiger partial charge in [0, 0.05) is 19.3 Å². The van der Waals surface area contributed by atoms with E-state index in [-0.39, 0.29) is 22.9 Å². The van der Waals surface area contributed by atoms with Crippen LogP contribution >= 0.6 is 0 Å². The van der Waals surface area contributed by atoms with E-state index in [1.54, 1.807) is 0 Å². The Labute approximate surface area is 153 Å². The Morgan fingerprint density at radius 3 is 1.84 bits per heavy atom. The van der Waals surface area contributed by atoms with Crippen LogP contribution in [0.5, 0.6) is 0 Å². The zero-order valence-corrected chi connectivity index (χ0v) is 16.0. The summed E-state index contributed by atoms with van der Waals surface area (Å²) >= 11 is 0. The van der Waals surface area contributed by atoms with Gasteiger partial charge in [0.05, 0.1) is 5.57 Å². The maximum atomic E-state index is 11.7. The van der Waals surface area contributed by atoms with Crippen molar-refractivity contribution < 1.29 is 14.7 Å². The van der Waals surface area contributed by atoms with Crippen LogP contribution in [-0.2, 0) is 9.59 Å². The molecule has 142 valence electrons. The molecule has 0 amide bonds. The van der Waals surface area contributed by atoms with Gasteiger partial charge in [0.2, 0.25) is 0 Å². The smallest absolute Gasteiger partial charge is 0.169 e. The van der Waals surface area contributed by atoms with E-state index in [0.29, 0.717) is 25.7 Å². The van der Waals surface area contributed by atoms with E-state index in [0.717, 1.165) is 12.8 Å². The number of carbonyl (C=O) groups is 2. The van der Waals surface area contributed by atoms with Crippen molar-refractivity contribution in [1.29, 1.82) is 0 Å². The van der Waals surface area contributed by atoms with Gasteiger partial charge in [-0.2, -0.15) is 0 Å². The third-order valence-electron chi connectivity index (χ3n) is 4.92. The average molecular weight is 349 g/mol. The number of aliphatic hydroxyl groups is 1. The third kappa shape index (κ3) is 9.62. The summed E-state index contributed by atoms with van der Waals surface area (Å²) < 4.78 is 0. The minimum absolute atomic E-state index is 0.0348. The highest BCUT2D eigenvalue weighted by molar-refractivity contribution is 6.21. The van der Waals surface area contributed by atoms with Gasteiger partial charge in [0.25, 0.3) is 0 Å². The first-order valence-electron chi connectivity index (χ1n) is 10.3. The fourth-order valence-corrected chi connectivity index (χ4v) is 3.40. The van der Waals surface area contributed by atoms with Crippen molar-refractivity contribution in [2.45, 2.75) is 103 Å². The van der Waals surface area contributed by atoms with Crippen LogP contribution in [0.25, 0.3) is 0 Å². The quantitative estimate of drug-likeness (QED) is 0.138. The van der Waals surface area contributed by atoms with Gasteiger partial charge in [0.15, 0.2) is 11.6 Å². The zero-order valence-electron chi connectivity index (χ0n) is 16.0. The molecule has 0 aromatic rings. The van der Waals surface area contributed by atoms with Crippen LogP contribution in [0.3, 0.4) is 0 Å². The molecule has 1 fully saturated rings. The number of allylic oxidation sites excluding steroid dienone is 4. The Balaban J connectivity index is 1.98. The molecule has 0 bridgehead atoms. The number of hydrogen-bond donors (Lipinski definition) is 1. The van der Waals surface area contributed by atoms with E-state index < -0.39 is 0 Å². The summed E-state index contributed by atoms with van der Waals surface area (Å²) in [7, 11) is 0. The highest BCUT2D eigenvalue weighted by Crippen LogP contribution is 2.22. The van der Waals surface area contributed by atoms with Crippen molar-refractivity contribution in [2.75, 3.05) is 0 Å². The van der Waals surface area contributed by atoms with Crippen molar-refractivity contribution in [2.24, 2.45) is 0 Å². The van der Waals surface area contributed by atoms with Gasteiger partial charge in [-0.05, 0) is 32.6 Å². The molecule has 0 aliphatic heterocycles. The van der Waals surface area contributed by atoms with Crippen LogP contribution in [0, 0.1) is 0 Å². The van der Waals surface area contributed by atoms with Gasteiger partial charge in [-0.25, -0.2) is 0 Å². The van der Waals surface area contributed by atoms with Crippen LogP contribution < -0.4 is 0 Å². The molecule has 1 rings (SSSR count). The molecule has 1 N–H and O–H groups in total. The lowest BCUT2D eigenvalue weighted by Crippen LogP contribution is -2.20. The summed E-state index contributed by atoms with van der Waals surface area (Å²) in [5.74, 6) is -0.299. The second kappa shape index (κ2) is 13.9. The first-order chi connectivity index (χ1) is 12.2. The Morgan fingerprint density at radius 1 is 0.840 bits per heavy atom. The molecule has 0 aromatic carbocycles. The van der Waals surface area contributed by atoms with Crippen molar-refractivity contribution in [3.63, 3.8) is 0 Å². The summed E-state index contributed by atoms with van der Waals surface area (Å²) in [5.41, 5.74) is 0.0978. The van der Waals surface area contributed by atoms with Gasteiger partial charge < -0.3 is 5.11 Å². The van der Waals surface area contributed by atoms with E-state index >= 15 is 0 Å². The zero-order chi connectivity index (χ0) is 18.3. The summed E-state index contributed by atoms with van der Waals surface area (Å²) in [6.07, 6.45) is 19.8. The number of aliphatic hydroxyl groups excluding tert-OH is 1. The number of rotatable bonds is 13. The van der Waals surface area contributed by atoms with Crippen LogP contribution in [0.1, 0.15) is 103 Å². The predicted molar refractivity (Wildman–Crippen MR) is 104 cm³/mol. The molecule has 0 radical (unpaired) electrons. The fraction of sp³-hybridized carbons (Fsp3) is 0.727. The van der Waals surface area contributed by atoms with Crippen LogP contribution in [-0.4, -0.2) is 16.7 Å². The molecule has 1 aliphatic carbocycles. The Bertz CT molecular complexity index is 442. The maximum Gasteiger partial charge on any atom is 0.169 e. The van der Waals surface area contributed by atoms with E-state index in [1.807, 2.05) is 0 Å². The molecule has 0 saturated heterocycles. The number of unbranched alkanes of at least 4 members (excludes halogenated alkanes) is 10. The van der Waals surface area contributed by atoms with Gasteiger partial charge in [-0.15, -0.1) is 0 Å². The SMILES string of the molecule is CC=CCCCCCCCCCCCCC(O)=C1C(=O)CCCC1=O. The minimum Gasteiger partial charge on any atom is -0.511 e. The molecule has 25 heavy (non-hydrogen) atoms.